The van der Waals surface area contributed by atoms with E-state index in [0.29, 0.717) is 11.3 Å². The third-order valence-corrected chi connectivity index (χ3v) is 3.82. The van der Waals surface area contributed by atoms with E-state index < -0.39 is 11.8 Å². The van der Waals surface area contributed by atoms with Crippen LogP contribution in [-0.4, -0.2) is 11.8 Å². The third-order valence-electron chi connectivity index (χ3n) is 3.82. The van der Waals surface area contributed by atoms with Crippen LogP contribution in [0, 0.1) is 19.7 Å². The van der Waals surface area contributed by atoms with Crippen LogP contribution in [-0.2, 0) is 9.59 Å². The first-order valence-electron chi connectivity index (χ1n) is 7.15. The predicted molar refractivity (Wildman–Crippen MR) is 85.9 cm³/mol. The number of hydrazine groups is 1. The molecule has 116 valence electrons. The molecule has 0 saturated carbocycles. The fourth-order valence-corrected chi connectivity index (χ4v) is 2.33. The molecule has 0 aromatic heterocycles. The monoisotopic (exact) mass is 310 g/mol. The van der Waals surface area contributed by atoms with E-state index in [2.05, 4.69) is 5.43 Å². The molecular formula is C18H15FN2O2. The van der Waals surface area contributed by atoms with Gasteiger partial charge >= 0.3 is 0 Å². The molecule has 5 heteroatoms. The molecular weight excluding hydrogens is 295 g/mol. The van der Waals surface area contributed by atoms with Gasteiger partial charge < -0.3 is 0 Å². The SMILES string of the molecule is Cc1ccc(N2NC(=O)/C(=C\c3ccc(F)cc3)C2=O)cc1C. The number of anilines is 1. The summed E-state index contributed by atoms with van der Waals surface area (Å²) in [6.45, 7) is 3.92. The van der Waals surface area contributed by atoms with Gasteiger partial charge in [0.15, 0.2) is 0 Å². The van der Waals surface area contributed by atoms with Crippen LogP contribution < -0.4 is 10.4 Å². The molecule has 2 aromatic rings. The molecule has 0 atom stereocenters. The first-order valence-corrected chi connectivity index (χ1v) is 7.15. The molecule has 23 heavy (non-hydrogen) atoms. The summed E-state index contributed by atoms with van der Waals surface area (Å²) in [5.41, 5.74) is 5.90. The Hall–Kier alpha value is -2.95. The number of hydrogen-bond donors (Lipinski definition) is 1. The molecule has 3 rings (SSSR count). The Bertz CT molecular complexity index is 825. The molecule has 1 aliphatic heterocycles. The Morgan fingerprint density at radius 1 is 1.00 bits per heavy atom. The molecule has 1 N–H and O–H groups in total. The lowest BCUT2D eigenvalue weighted by atomic mass is 10.1. The molecule has 1 fully saturated rings. The molecule has 2 amide bonds. The van der Waals surface area contributed by atoms with Crippen molar-refractivity contribution >= 4 is 23.6 Å². The van der Waals surface area contributed by atoms with Crippen LogP contribution >= 0.6 is 0 Å². The quantitative estimate of drug-likeness (QED) is 0.685. The van der Waals surface area contributed by atoms with Crippen LogP contribution in [0.4, 0.5) is 10.1 Å². The summed E-state index contributed by atoms with van der Waals surface area (Å²) in [4.78, 5) is 24.6. The van der Waals surface area contributed by atoms with Gasteiger partial charge in [-0.1, -0.05) is 18.2 Å². The summed E-state index contributed by atoms with van der Waals surface area (Å²) in [6.07, 6.45) is 1.46. The van der Waals surface area contributed by atoms with Gasteiger partial charge in [0.2, 0.25) is 0 Å². The van der Waals surface area contributed by atoms with Gasteiger partial charge in [-0.15, -0.1) is 0 Å². The maximum Gasteiger partial charge on any atom is 0.282 e. The summed E-state index contributed by atoms with van der Waals surface area (Å²) in [5, 5.41) is 1.23. The zero-order chi connectivity index (χ0) is 16.6. The lowest BCUT2D eigenvalue weighted by Gasteiger charge is -2.15. The summed E-state index contributed by atoms with van der Waals surface area (Å²) in [6, 6.07) is 11.1. The van der Waals surface area contributed by atoms with Crippen LogP contribution in [0.25, 0.3) is 6.08 Å². The Labute approximate surface area is 133 Å². The summed E-state index contributed by atoms with van der Waals surface area (Å²) < 4.78 is 12.9. The zero-order valence-corrected chi connectivity index (χ0v) is 12.8. The Kier molecular flexibility index (Phi) is 3.70. The molecule has 1 aliphatic rings. The normalized spacial score (nSPS) is 16.1. The van der Waals surface area contributed by atoms with Crippen LogP contribution in [0.15, 0.2) is 48.0 Å². The minimum Gasteiger partial charge on any atom is -0.267 e. The molecule has 0 spiro atoms. The topological polar surface area (TPSA) is 49.4 Å². The lowest BCUT2D eigenvalue weighted by molar-refractivity contribution is -0.117. The van der Waals surface area contributed by atoms with Crippen molar-refractivity contribution in [2.24, 2.45) is 0 Å². The summed E-state index contributed by atoms with van der Waals surface area (Å²) in [7, 11) is 0. The van der Waals surface area contributed by atoms with Crippen molar-refractivity contribution in [1.82, 2.24) is 5.43 Å². The molecule has 1 heterocycles. The van der Waals surface area contributed by atoms with E-state index in [1.54, 1.807) is 6.07 Å². The van der Waals surface area contributed by atoms with Gasteiger partial charge in [-0.3, -0.25) is 15.0 Å². The second-order valence-electron chi connectivity index (χ2n) is 5.46. The van der Waals surface area contributed by atoms with E-state index in [0.717, 1.165) is 11.1 Å². The highest BCUT2D eigenvalue weighted by Gasteiger charge is 2.34. The fraction of sp³-hybridized carbons (Fsp3) is 0.111. The number of amides is 2. The van der Waals surface area contributed by atoms with Gasteiger partial charge in [0.25, 0.3) is 11.8 Å². The van der Waals surface area contributed by atoms with E-state index in [-0.39, 0.29) is 11.4 Å². The van der Waals surface area contributed by atoms with E-state index in [1.165, 1.54) is 35.4 Å². The minimum atomic E-state index is -0.474. The number of nitrogens with zero attached hydrogens (tertiary/aromatic N) is 1. The number of nitrogens with one attached hydrogen (secondary N) is 1. The van der Waals surface area contributed by atoms with Crippen molar-refractivity contribution in [2.75, 3.05) is 5.01 Å². The van der Waals surface area contributed by atoms with Gasteiger partial charge in [-0.05, 0) is 60.9 Å². The van der Waals surface area contributed by atoms with Gasteiger partial charge in [0, 0.05) is 0 Å². The molecule has 2 aromatic carbocycles. The van der Waals surface area contributed by atoms with Crippen molar-refractivity contribution in [3.05, 3.63) is 70.5 Å². The largest absolute Gasteiger partial charge is 0.282 e. The number of hydrogen-bond acceptors (Lipinski definition) is 2. The van der Waals surface area contributed by atoms with Crippen LogP contribution in [0.1, 0.15) is 16.7 Å². The van der Waals surface area contributed by atoms with Crippen molar-refractivity contribution < 1.29 is 14.0 Å². The highest BCUT2D eigenvalue weighted by atomic mass is 19.1. The smallest absolute Gasteiger partial charge is 0.267 e. The number of carbonyl (C=O) groups excluding carboxylic acids is 2. The predicted octanol–water partition coefficient (Wildman–Crippen LogP) is 2.90. The van der Waals surface area contributed by atoms with Gasteiger partial charge in [0.1, 0.15) is 11.4 Å². The second-order valence-corrected chi connectivity index (χ2v) is 5.46. The molecule has 1 saturated heterocycles. The minimum absolute atomic E-state index is 0.0230. The first-order chi connectivity index (χ1) is 11.0. The van der Waals surface area contributed by atoms with Crippen molar-refractivity contribution in [3.8, 4) is 0 Å². The zero-order valence-electron chi connectivity index (χ0n) is 12.8. The van der Waals surface area contributed by atoms with E-state index in [4.69, 9.17) is 0 Å². The maximum atomic E-state index is 12.9. The van der Waals surface area contributed by atoms with Crippen molar-refractivity contribution in [1.29, 1.82) is 0 Å². The molecule has 0 radical (unpaired) electrons. The van der Waals surface area contributed by atoms with Gasteiger partial charge in [0.05, 0.1) is 5.69 Å². The third kappa shape index (κ3) is 2.85. The lowest BCUT2D eigenvalue weighted by Crippen LogP contribution is -2.35. The highest BCUT2D eigenvalue weighted by Crippen LogP contribution is 2.23. The molecule has 4 nitrogen and oxygen atoms in total. The summed E-state index contributed by atoms with van der Waals surface area (Å²) in [5.74, 6) is -1.27. The van der Waals surface area contributed by atoms with Crippen LogP contribution in [0.3, 0.4) is 0 Å². The van der Waals surface area contributed by atoms with Crippen molar-refractivity contribution in [2.45, 2.75) is 13.8 Å². The van der Waals surface area contributed by atoms with Crippen molar-refractivity contribution in [3.63, 3.8) is 0 Å². The first kappa shape index (κ1) is 15.0. The number of carbonyl (C=O) groups is 2. The number of aryl methyl sites for hydroxylation is 2. The average Bonchev–Trinajstić information content (AvgIpc) is 2.80. The highest BCUT2D eigenvalue weighted by molar-refractivity contribution is 6.31. The van der Waals surface area contributed by atoms with Crippen LogP contribution in [0.5, 0.6) is 0 Å². The second kappa shape index (κ2) is 5.68. The Morgan fingerprint density at radius 3 is 2.35 bits per heavy atom. The van der Waals surface area contributed by atoms with Gasteiger partial charge in [-0.25, -0.2) is 9.40 Å². The number of benzene rings is 2. The van der Waals surface area contributed by atoms with E-state index >= 15 is 0 Å². The number of rotatable bonds is 2. The summed E-state index contributed by atoms with van der Waals surface area (Å²) >= 11 is 0. The van der Waals surface area contributed by atoms with E-state index in [9.17, 15) is 14.0 Å². The van der Waals surface area contributed by atoms with Gasteiger partial charge in [-0.2, -0.15) is 0 Å². The van der Waals surface area contributed by atoms with Crippen LogP contribution in [0.2, 0.25) is 0 Å². The molecule has 0 unspecified atom stereocenters. The molecule has 0 bridgehead atoms. The maximum absolute atomic E-state index is 12.9. The van der Waals surface area contributed by atoms with E-state index in [1.807, 2.05) is 26.0 Å². The fourth-order valence-electron chi connectivity index (χ4n) is 2.33. The average molecular weight is 310 g/mol. The Balaban J connectivity index is 1.93. The number of halogens is 1. The molecule has 0 aliphatic carbocycles. The standard InChI is InChI=1S/C18H15FN2O2/c1-11-3-8-15(9-12(11)2)21-18(23)16(17(22)20-21)10-13-4-6-14(19)7-5-13/h3-10H,1-2H3,(H,20,22)/b16-10+. The Morgan fingerprint density at radius 2 is 1.70 bits per heavy atom.